The molecular weight excluding hydrogens is 530 g/mol. The summed E-state index contributed by atoms with van der Waals surface area (Å²) >= 11 is 0. The highest BCUT2D eigenvalue weighted by atomic mass is 16.5. The number of amides is 3. The number of aldehydes is 1. The Hall–Kier alpha value is -2.12. The molecule has 0 bridgehead atoms. The van der Waals surface area contributed by atoms with Gasteiger partial charge in [0.1, 0.15) is 18.4 Å². The van der Waals surface area contributed by atoms with E-state index in [9.17, 15) is 19.2 Å². The van der Waals surface area contributed by atoms with Gasteiger partial charge in [-0.05, 0) is 93.7 Å². The average Bonchev–Trinajstić information content (AvgIpc) is 3.54. The average molecular weight is 584 g/mol. The first-order valence-electron chi connectivity index (χ1n) is 14.8. The molecule has 2 aliphatic heterocycles. The third-order valence-electron chi connectivity index (χ3n) is 8.21. The van der Waals surface area contributed by atoms with Crippen LogP contribution in [-0.2, 0) is 33.4 Å². The lowest BCUT2D eigenvalue weighted by atomic mass is 10.0. The van der Waals surface area contributed by atoms with Crippen molar-refractivity contribution >= 4 is 24.0 Å². The molecule has 0 aliphatic carbocycles. The molecule has 0 spiro atoms. The zero-order chi connectivity index (χ0) is 31.0. The molecule has 2 rings (SSSR count). The monoisotopic (exact) mass is 583 g/mol. The number of likely N-dealkylation sites (N-methyl/N-ethyl adjacent to an activating group) is 1. The number of ether oxygens (including phenoxy) is 3. The number of likely N-dealkylation sites (tertiary alicyclic amines) is 2. The lowest BCUT2D eigenvalue weighted by molar-refractivity contribution is -0.145. The molecular formula is C29H53N5O7. The molecule has 2 aliphatic rings. The van der Waals surface area contributed by atoms with Crippen LogP contribution in [0.15, 0.2) is 0 Å². The van der Waals surface area contributed by atoms with E-state index in [2.05, 4.69) is 5.32 Å². The summed E-state index contributed by atoms with van der Waals surface area (Å²) in [5, 5.41) is 2.76. The zero-order valence-electron chi connectivity index (χ0n) is 26.0. The maximum atomic E-state index is 12.8. The Morgan fingerprint density at radius 2 is 1.63 bits per heavy atom. The second-order valence-corrected chi connectivity index (χ2v) is 12.7. The largest absolute Gasteiger partial charge is 0.376 e. The summed E-state index contributed by atoms with van der Waals surface area (Å²) in [6.45, 7) is 13.3. The van der Waals surface area contributed by atoms with E-state index in [4.69, 9.17) is 25.7 Å². The minimum absolute atomic E-state index is 0.210. The molecule has 41 heavy (non-hydrogen) atoms. The summed E-state index contributed by atoms with van der Waals surface area (Å²) in [5.41, 5.74) is 10.7. The normalized spacial score (nSPS) is 23.2. The quantitative estimate of drug-likeness (QED) is 0.209. The molecule has 3 amide bonds. The molecule has 0 aromatic heterocycles. The lowest BCUT2D eigenvalue weighted by Crippen LogP contribution is -2.55. The molecule has 0 saturated carbocycles. The smallest absolute Gasteiger partial charge is 0.242 e. The Morgan fingerprint density at radius 3 is 2.22 bits per heavy atom. The van der Waals surface area contributed by atoms with Gasteiger partial charge in [-0.15, -0.1) is 0 Å². The number of primary amides is 1. The Bertz CT molecular complexity index is 899. The van der Waals surface area contributed by atoms with E-state index in [-0.39, 0.29) is 17.9 Å². The van der Waals surface area contributed by atoms with Gasteiger partial charge in [-0.25, -0.2) is 0 Å². The third kappa shape index (κ3) is 10.6. The highest BCUT2D eigenvalue weighted by molar-refractivity contribution is 5.89. The van der Waals surface area contributed by atoms with Crippen LogP contribution in [0.5, 0.6) is 0 Å². The van der Waals surface area contributed by atoms with Gasteiger partial charge in [0.25, 0.3) is 0 Å². The second kappa shape index (κ2) is 15.4. The summed E-state index contributed by atoms with van der Waals surface area (Å²) in [7, 11) is 1.89. The van der Waals surface area contributed by atoms with Crippen LogP contribution in [0, 0.1) is 0 Å². The number of nitrogens with one attached hydrogen (secondary N) is 1. The van der Waals surface area contributed by atoms with Gasteiger partial charge >= 0.3 is 0 Å². The number of hydrogen-bond acceptors (Lipinski definition) is 9. The molecule has 12 heteroatoms. The minimum atomic E-state index is -0.923. The summed E-state index contributed by atoms with van der Waals surface area (Å²) < 4.78 is 18.2. The van der Waals surface area contributed by atoms with Crippen molar-refractivity contribution in [2.45, 2.75) is 128 Å². The molecule has 6 atom stereocenters. The first-order chi connectivity index (χ1) is 19.1. The SMILES string of the molecule is CC(OC(C)(C)CCOC(C)(C)CCOC(C)C(NC(=O)C1CCCN1C)C(N)=O)C(N)C(=O)N1CCCC1C=O. The number of carbonyl (C=O) groups excluding carboxylic acids is 4. The Labute approximate surface area is 245 Å². The zero-order valence-corrected chi connectivity index (χ0v) is 26.0. The fourth-order valence-electron chi connectivity index (χ4n) is 5.38. The fourth-order valence-corrected chi connectivity index (χ4v) is 5.38. The van der Waals surface area contributed by atoms with E-state index >= 15 is 0 Å². The van der Waals surface area contributed by atoms with Crippen molar-refractivity contribution < 1.29 is 33.4 Å². The van der Waals surface area contributed by atoms with Gasteiger partial charge < -0.3 is 40.7 Å². The van der Waals surface area contributed by atoms with E-state index in [1.807, 2.05) is 39.6 Å². The summed E-state index contributed by atoms with van der Waals surface area (Å²) in [6.07, 6.45) is 3.93. The minimum Gasteiger partial charge on any atom is -0.376 e. The van der Waals surface area contributed by atoms with Gasteiger partial charge in [0, 0.05) is 13.2 Å². The molecule has 5 N–H and O–H groups in total. The first-order valence-corrected chi connectivity index (χ1v) is 14.8. The van der Waals surface area contributed by atoms with Crippen LogP contribution < -0.4 is 16.8 Å². The Kier molecular flexibility index (Phi) is 13.2. The van der Waals surface area contributed by atoms with Gasteiger partial charge in [0.05, 0.1) is 42.1 Å². The van der Waals surface area contributed by atoms with Gasteiger partial charge in [0.2, 0.25) is 17.7 Å². The summed E-state index contributed by atoms with van der Waals surface area (Å²) in [5.74, 6) is -1.11. The Balaban J connectivity index is 1.76. The van der Waals surface area contributed by atoms with Crippen LogP contribution in [0.4, 0.5) is 0 Å². The third-order valence-corrected chi connectivity index (χ3v) is 8.21. The second-order valence-electron chi connectivity index (χ2n) is 12.7. The maximum Gasteiger partial charge on any atom is 0.242 e. The number of nitrogens with two attached hydrogens (primary N) is 2. The number of rotatable bonds is 17. The fraction of sp³-hybridized carbons (Fsp3) is 0.862. The highest BCUT2D eigenvalue weighted by Gasteiger charge is 2.36. The number of carbonyl (C=O) groups is 4. The topological polar surface area (TPSA) is 167 Å². The Morgan fingerprint density at radius 1 is 1.00 bits per heavy atom. The van der Waals surface area contributed by atoms with Crippen LogP contribution in [0.1, 0.15) is 80.1 Å². The summed E-state index contributed by atoms with van der Waals surface area (Å²) in [4.78, 5) is 52.3. The van der Waals surface area contributed by atoms with Crippen LogP contribution in [-0.4, -0.2) is 115 Å². The molecule has 12 nitrogen and oxygen atoms in total. The van der Waals surface area contributed by atoms with Crippen LogP contribution >= 0.6 is 0 Å². The molecule has 2 fully saturated rings. The number of nitrogens with zero attached hydrogens (tertiary/aromatic N) is 2. The molecule has 0 radical (unpaired) electrons. The standard InChI is InChI=1S/C29H53N5O7/c1-19(23(30)27(38)34-15-8-10-21(34)18-35)41-29(5,6)13-17-40-28(3,4)12-16-39-20(2)24(25(31)36)32-26(37)22-11-9-14-33(22)7/h18-24H,8-17,30H2,1-7H3,(H2,31,36)(H,32,37). The van der Waals surface area contributed by atoms with E-state index in [0.29, 0.717) is 39.0 Å². The van der Waals surface area contributed by atoms with Crippen LogP contribution in [0.25, 0.3) is 0 Å². The predicted molar refractivity (Wildman–Crippen MR) is 155 cm³/mol. The molecule has 2 heterocycles. The summed E-state index contributed by atoms with van der Waals surface area (Å²) in [6, 6.07) is -2.45. The lowest BCUT2D eigenvalue weighted by Gasteiger charge is -2.34. The van der Waals surface area contributed by atoms with Crippen molar-refractivity contribution in [3.05, 3.63) is 0 Å². The maximum absolute atomic E-state index is 12.8. The van der Waals surface area contributed by atoms with E-state index in [1.165, 1.54) is 0 Å². The molecule has 0 aromatic rings. The van der Waals surface area contributed by atoms with Crippen molar-refractivity contribution in [2.75, 3.05) is 33.4 Å². The van der Waals surface area contributed by atoms with Crippen LogP contribution in [0.2, 0.25) is 0 Å². The van der Waals surface area contributed by atoms with Gasteiger partial charge in [-0.3, -0.25) is 19.3 Å². The van der Waals surface area contributed by atoms with Gasteiger partial charge in [0.15, 0.2) is 0 Å². The molecule has 236 valence electrons. The predicted octanol–water partition coefficient (Wildman–Crippen LogP) is 0.732. The van der Waals surface area contributed by atoms with Crippen molar-refractivity contribution in [3.8, 4) is 0 Å². The molecule has 2 saturated heterocycles. The van der Waals surface area contributed by atoms with E-state index in [0.717, 1.165) is 32.1 Å². The van der Waals surface area contributed by atoms with Gasteiger partial charge in [-0.2, -0.15) is 0 Å². The van der Waals surface area contributed by atoms with Crippen molar-refractivity contribution in [3.63, 3.8) is 0 Å². The first kappa shape index (κ1) is 35.1. The van der Waals surface area contributed by atoms with Gasteiger partial charge in [-0.1, -0.05) is 0 Å². The van der Waals surface area contributed by atoms with Crippen molar-refractivity contribution in [1.82, 2.24) is 15.1 Å². The van der Waals surface area contributed by atoms with E-state index < -0.39 is 47.4 Å². The van der Waals surface area contributed by atoms with Crippen molar-refractivity contribution in [1.29, 1.82) is 0 Å². The number of hydrogen-bond donors (Lipinski definition) is 3. The molecule has 6 unspecified atom stereocenters. The van der Waals surface area contributed by atoms with Crippen LogP contribution in [0.3, 0.4) is 0 Å². The van der Waals surface area contributed by atoms with E-state index in [1.54, 1.807) is 18.7 Å². The van der Waals surface area contributed by atoms with Crippen molar-refractivity contribution in [2.24, 2.45) is 11.5 Å². The highest BCUT2D eigenvalue weighted by Crippen LogP contribution is 2.23. The molecule has 0 aromatic carbocycles.